The number of rotatable bonds is 27. The largest absolute Gasteiger partial charge is 1.00 e. The molecule has 0 aliphatic carbocycles. The molecule has 6 heteroatoms. The van der Waals surface area contributed by atoms with Crippen LogP contribution < -0.4 is 29.6 Å². The first-order chi connectivity index (χ1) is 16.5. The number of hydrogen-bond acceptors (Lipinski definition) is 4. The summed E-state index contributed by atoms with van der Waals surface area (Å²) in [6.45, 7) is 4.50. The fourth-order valence-electron chi connectivity index (χ4n) is 4.51. The third-order valence-corrected chi connectivity index (χ3v) is 7.16. The van der Waals surface area contributed by atoms with E-state index in [4.69, 9.17) is 0 Å². The Labute approximate surface area is 242 Å². The van der Waals surface area contributed by atoms with E-state index in [1.54, 1.807) is 0 Å². The predicted molar refractivity (Wildman–Crippen MR) is 146 cm³/mol. The fourth-order valence-corrected chi connectivity index (χ4v) is 4.86. The first kappa shape index (κ1) is 37.8. The SMILES string of the molecule is CCCCCCCCCCC/C=C/C(CCCCCCCCCCCCCC)COS(=O)(=O)[O-].[Na+]. The van der Waals surface area contributed by atoms with Crippen LogP contribution >= 0.6 is 0 Å². The summed E-state index contributed by atoms with van der Waals surface area (Å²) in [5.74, 6) is 0.0189. The van der Waals surface area contributed by atoms with Gasteiger partial charge in [0, 0.05) is 5.92 Å². The molecule has 0 aliphatic heterocycles. The molecular formula is C29H57NaO4S. The van der Waals surface area contributed by atoms with Crippen molar-refractivity contribution in [3.05, 3.63) is 12.2 Å². The van der Waals surface area contributed by atoms with Crippen LogP contribution in [0.5, 0.6) is 0 Å². The van der Waals surface area contributed by atoms with E-state index in [9.17, 15) is 13.0 Å². The summed E-state index contributed by atoms with van der Waals surface area (Å²) in [5.41, 5.74) is 0. The number of allylic oxidation sites excluding steroid dienone is 1. The summed E-state index contributed by atoms with van der Waals surface area (Å²) < 4.78 is 37.2. The van der Waals surface area contributed by atoms with Crippen molar-refractivity contribution in [1.29, 1.82) is 0 Å². The van der Waals surface area contributed by atoms with Crippen LogP contribution in [0.1, 0.15) is 162 Å². The second-order valence-corrected chi connectivity index (χ2v) is 11.2. The third-order valence-electron chi connectivity index (χ3n) is 6.74. The first-order valence-electron chi connectivity index (χ1n) is 14.8. The summed E-state index contributed by atoms with van der Waals surface area (Å²) in [7, 11) is -4.61. The van der Waals surface area contributed by atoms with Crippen LogP contribution in [0.4, 0.5) is 0 Å². The molecule has 0 N–H and O–H groups in total. The van der Waals surface area contributed by atoms with Crippen LogP contribution in [0.2, 0.25) is 0 Å². The van der Waals surface area contributed by atoms with E-state index < -0.39 is 10.4 Å². The van der Waals surface area contributed by atoms with Gasteiger partial charge >= 0.3 is 29.6 Å². The van der Waals surface area contributed by atoms with Gasteiger partial charge in [-0.25, -0.2) is 8.42 Å². The maximum Gasteiger partial charge on any atom is 1.00 e. The van der Waals surface area contributed by atoms with Crippen molar-refractivity contribution in [2.75, 3.05) is 6.61 Å². The summed E-state index contributed by atoms with van der Waals surface area (Å²) in [5, 5.41) is 0. The van der Waals surface area contributed by atoms with Gasteiger partial charge in [-0.2, -0.15) is 0 Å². The average Bonchev–Trinajstić information content (AvgIpc) is 2.80. The van der Waals surface area contributed by atoms with Crippen LogP contribution in [-0.4, -0.2) is 19.6 Å². The van der Waals surface area contributed by atoms with Gasteiger partial charge < -0.3 is 4.55 Å². The standard InChI is InChI=1S/C29H58O4S.Na/c1-3-5-7-9-11-13-15-17-19-21-23-25-27-29(28-33-34(30,31)32)26-24-22-20-18-16-14-12-10-8-6-4-2;/h24,26,29H,3-23,25,27-28H2,1-2H3,(H,30,31,32);/q;+1/p-1/b26-24+;. The fraction of sp³-hybridized carbons (Fsp3) is 0.931. The van der Waals surface area contributed by atoms with E-state index >= 15 is 0 Å². The minimum absolute atomic E-state index is 0. The summed E-state index contributed by atoms with van der Waals surface area (Å²) in [6, 6.07) is 0. The molecule has 1 atom stereocenters. The second kappa shape index (κ2) is 29.2. The van der Waals surface area contributed by atoms with Crippen LogP contribution in [0.15, 0.2) is 12.2 Å². The van der Waals surface area contributed by atoms with E-state index in [2.05, 4.69) is 30.2 Å². The predicted octanol–water partition coefficient (Wildman–Crippen LogP) is 6.65. The second-order valence-electron chi connectivity index (χ2n) is 10.2. The van der Waals surface area contributed by atoms with Crippen LogP contribution in [0.25, 0.3) is 0 Å². The van der Waals surface area contributed by atoms with Gasteiger partial charge in [0.2, 0.25) is 10.4 Å². The zero-order valence-electron chi connectivity index (χ0n) is 23.7. The van der Waals surface area contributed by atoms with E-state index in [1.165, 1.54) is 128 Å². The topological polar surface area (TPSA) is 66.4 Å². The third kappa shape index (κ3) is 32.6. The van der Waals surface area contributed by atoms with Gasteiger partial charge in [-0.3, -0.25) is 4.18 Å². The molecule has 0 aliphatic rings. The van der Waals surface area contributed by atoms with E-state index in [0.717, 1.165) is 19.3 Å². The summed E-state index contributed by atoms with van der Waals surface area (Å²) >= 11 is 0. The minimum atomic E-state index is -4.61. The number of hydrogen-bond donors (Lipinski definition) is 0. The molecular weight excluding hydrogens is 467 g/mol. The molecule has 0 amide bonds. The van der Waals surface area contributed by atoms with E-state index in [-0.39, 0.29) is 42.1 Å². The molecule has 0 spiro atoms. The molecule has 0 aromatic carbocycles. The monoisotopic (exact) mass is 524 g/mol. The van der Waals surface area contributed by atoms with E-state index in [0.29, 0.717) is 0 Å². The van der Waals surface area contributed by atoms with Crippen molar-refractivity contribution in [1.82, 2.24) is 0 Å². The van der Waals surface area contributed by atoms with Crippen molar-refractivity contribution >= 4 is 10.4 Å². The Morgan fingerprint density at radius 2 is 1.00 bits per heavy atom. The Bertz CT molecular complexity index is 537. The van der Waals surface area contributed by atoms with Crippen molar-refractivity contribution in [2.24, 2.45) is 5.92 Å². The van der Waals surface area contributed by atoms with Crippen LogP contribution in [0.3, 0.4) is 0 Å². The molecule has 35 heavy (non-hydrogen) atoms. The molecule has 4 nitrogen and oxygen atoms in total. The molecule has 0 bridgehead atoms. The molecule has 1 unspecified atom stereocenters. The van der Waals surface area contributed by atoms with Gasteiger partial charge in [0.05, 0.1) is 6.61 Å². The Morgan fingerprint density at radius 3 is 1.40 bits per heavy atom. The van der Waals surface area contributed by atoms with Gasteiger partial charge in [-0.15, -0.1) is 0 Å². The maximum atomic E-state index is 10.9. The van der Waals surface area contributed by atoms with Gasteiger partial charge in [0.1, 0.15) is 0 Å². The van der Waals surface area contributed by atoms with Crippen LogP contribution in [0, 0.1) is 5.92 Å². The molecule has 0 aromatic rings. The molecule has 0 radical (unpaired) electrons. The van der Waals surface area contributed by atoms with E-state index in [1.807, 2.05) is 0 Å². The molecule has 0 fully saturated rings. The first-order valence-corrected chi connectivity index (χ1v) is 16.1. The summed E-state index contributed by atoms with van der Waals surface area (Å²) in [4.78, 5) is 0. The Hall–Kier alpha value is 0.610. The normalized spacial score (nSPS) is 12.8. The summed E-state index contributed by atoms with van der Waals surface area (Å²) in [6.07, 6.45) is 33.7. The van der Waals surface area contributed by atoms with Gasteiger partial charge in [-0.1, -0.05) is 154 Å². The van der Waals surface area contributed by atoms with Crippen molar-refractivity contribution in [3.63, 3.8) is 0 Å². The smallest absolute Gasteiger partial charge is 0.726 e. The molecule has 0 saturated carbocycles. The van der Waals surface area contributed by atoms with Crippen molar-refractivity contribution in [3.8, 4) is 0 Å². The average molecular weight is 525 g/mol. The Balaban J connectivity index is 0. The Kier molecular flexibility index (Phi) is 31.5. The zero-order chi connectivity index (χ0) is 25.2. The molecule has 0 rings (SSSR count). The Morgan fingerprint density at radius 1 is 0.629 bits per heavy atom. The quantitative estimate of drug-likeness (QED) is 0.0397. The molecule has 0 heterocycles. The number of unbranched alkanes of at least 4 members (excludes halogenated alkanes) is 20. The zero-order valence-corrected chi connectivity index (χ0v) is 26.6. The molecule has 204 valence electrons. The van der Waals surface area contributed by atoms with Gasteiger partial charge in [0.15, 0.2) is 0 Å². The minimum Gasteiger partial charge on any atom is -0.726 e. The molecule has 0 aromatic heterocycles. The molecule has 0 saturated heterocycles. The maximum absolute atomic E-state index is 10.9. The van der Waals surface area contributed by atoms with Crippen molar-refractivity contribution < 1.29 is 46.7 Å². The van der Waals surface area contributed by atoms with Crippen LogP contribution in [-0.2, 0) is 14.6 Å². The van der Waals surface area contributed by atoms with Gasteiger partial charge in [0.25, 0.3) is 0 Å². The van der Waals surface area contributed by atoms with Crippen molar-refractivity contribution in [2.45, 2.75) is 162 Å². The van der Waals surface area contributed by atoms with Gasteiger partial charge in [-0.05, 0) is 19.3 Å².